The molecule has 4 nitrogen and oxygen atoms in total. The second-order valence-corrected chi connectivity index (χ2v) is 5.50. The van der Waals surface area contributed by atoms with Crippen LogP contribution in [-0.2, 0) is 13.2 Å². The number of carboxylic acid groups (broad SMARTS) is 1. The lowest BCUT2D eigenvalue weighted by Crippen LogP contribution is -2.20. The second kappa shape index (κ2) is 7.50. The van der Waals surface area contributed by atoms with Crippen LogP contribution in [0.4, 0.5) is 4.79 Å². The number of nitrogens with one attached hydrogen (secondary N) is 1. The molecule has 116 valence electrons. The molecule has 2 rings (SSSR count). The number of ether oxygens (including phenoxy) is 1. The third kappa shape index (κ3) is 4.81. The zero-order chi connectivity index (χ0) is 15.9. The average Bonchev–Trinajstić information content (AvgIpc) is 2.52. The molecule has 0 bridgehead atoms. The molecular formula is C18H21NO3. The van der Waals surface area contributed by atoms with Crippen LogP contribution < -0.4 is 10.1 Å². The van der Waals surface area contributed by atoms with E-state index >= 15 is 0 Å². The summed E-state index contributed by atoms with van der Waals surface area (Å²) in [6.45, 7) is 4.97. The number of carbonyl (C=O) groups is 1. The maximum Gasteiger partial charge on any atom is 0.404 e. The largest absolute Gasteiger partial charge is 0.489 e. The maximum absolute atomic E-state index is 10.6. The van der Waals surface area contributed by atoms with Crippen LogP contribution in [0.15, 0.2) is 48.5 Å². The van der Waals surface area contributed by atoms with Gasteiger partial charge in [0, 0.05) is 6.54 Å². The van der Waals surface area contributed by atoms with Crippen LogP contribution in [0.3, 0.4) is 0 Å². The summed E-state index contributed by atoms with van der Waals surface area (Å²) in [5.41, 5.74) is 3.13. The van der Waals surface area contributed by atoms with Crippen molar-refractivity contribution in [2.45, 2.75) is 32.9 Å². The van der Waals surface area contributed by atoms with Gasteiger partial charge in [-0.25, -0.2) is 4.79 Å². The first-order chi connectivity index (χ1) is 10.5. The molecule has 22 heavy (non-hydrogen) atoms. The van der Waals surface area contributed by atoms with E-state index in [0.29, 0.717) is 12.5 Å². The van der Waals surface area contributed by atoms with Crippen molar-refractivity contribution in [3.8, 4) is 5.75 Å². The molecule has 4 heteroatoms. The molecular weight excluding hydrogens is 278 g/mol. The van der Waals surface area contributed by atoms with Crippen LogP contribution in [0.1, 0.15) is 36.5 Å². The predicted molar refractivity (Wildman–Crippen MR) is 86.2 cm³/mol. The van der Waals surface area contributed by atoms with Crippen molar-refractivity contribution in [1.82, 2.24) is 5.32 Å². The molecule has 2 aromatic carbocycles. The molecule has 2 aromatic rings. The van der Waals surface area contributed by atoms with Crippen LogP contribution in [-0.4, -0.2) is 11.2 Å². The van der Waals surface area contributed by atoms with Gasteiger partial charge in [-0.15, -0.1) is 0 Å². The Morgan fingerprint density at radius 1 is 1.14 bits per heavy atom. The summed E-state index contributed by atoms with van der Waals surface area (Å²) in [4.78, 5) is 10.6. The number of hydrogen-bond donors (Lipinski definition) is 2. The molecule has 0 saturated carbocycles. The predicted octanol–water partition coefficient (Wildman–Crippen LogP) is 4.16. The summed E-state index contributed by atoms with van der Waals surface area (Å²) in [6, 6.07) is 15.9. The fraction of sp³-hybridized carbons (Fsp3) is 0.278. The van der Waals surface area contributed by atoms with Crippen molar-refractivity contribution in [1.29, 1.82) is 0 Å². The SMILES string of the molecule is CC(C)c1cc(CNC(=O)O)cc(OCc2ccccc2)c1. The van der Waals surface area contributed by atoms with Crippen molar-refractivity contribution in [3.63, 3.8) is 0 Å². The van der Waals surface area contributed by atoms with Gasteiger partial charge in [-0.1, -0.05) is 50.2 Å². The minimum atomic E-state index is -1.03. The molecule has 0 spiro atoms. The zero-order valence-corrected chi connectivity index (χ0v) is 12.9. The summed E-state index contributed by atoms with van der Waals surface area (Å²) in [5.74, 6) is 1.11. The topological polar surface area (TPSA) is 58.6 Å². The van der Waals surface area contributed by atoms with Gasteiger partial charge in [0.05, 0.1) is 0 Å². The van der Waals surface area contributed by atoms with E-state index in [9.17, 15) is 4.79 Å². The lowest BCUT2D eigenvalue weighted by Gasteiger charge is -2.13. The third-order valence-corrected chi connectivity index (χ3v) is 3.35. The van der Waals surface area contributed by atoms with E-state index in [1.807, 2.05) is 48.5 Å². The molecule has 0 fully saturated rings. The summed E-state index contributed by atoms with van der Waals surface area (Å²) < 4.78 is 5.86. The fourth-order valence-corrected chi connectivity index (χ4v) is 2.12. The molecule has 0 aliphatic rings. The van der Waals surface area contributed by atoms with E-state index < -0.39 is 6.09 Å². The van der Waals surface area contributed by atoms with Crippen molar-refractivity contribution in [2.24, 2.45) is 0 Å². The molecule has 0 unspecified atom stereocenters. The van der Waals surface area contributed by atoms with E-state index in [-0.39, 0.29) is 6.54 Å². The molecule has 2 N–H and O–H groups in total. The van der Waals surface area contributed by atoms with Crippen LogP contribution >= 0.6 is 0 Å². The van der Waals surface area contributed by atoms with E-state index in [0.717, 1.165) is 22.4 Å². The van der Waals surface area contributed by atoms with Crippen LogP contribution in [0.5, 0.6) is 5.75 Å². The molecule has 0 aromatic heterocycles. The van der Waals surface area contributed by atoms with Gasteiger partial charge in [-0.3, -0.25) is 0 Å². The summed E-state index contributed by atoms with van der Waals surface area (Å²) in [5, 5.41) is 11.1. The minimum Gasteiger partial charge on any atom is -0.489 e. The fourth-order valence-electron chi connectivity index (χ4n) is 2.12. The summed E-state index contributed by atoms with van der Waals surface area (Å²) in [7, 11) is 0. The number of benzene rings is 2. The lowest BCUT2D eigenvalue weighted by molar-refractivity contribution is 0.194. The van der Waals surface area contributed by atoms with Gasteiger partial charge in [0.25, 0.3) is 0 Å². The molecule has 0 radical (unpaired) electrons. The Morgan fingerprint density at radius 3 is 2.50 bits per heavy atom. The van der Waals surface area contributed by atoms with E-state index in [2.05, 4.69) is 19.2 Å². The van der Waals surface area contributed by atoms with Gasteiger partial charge in [-0.05, 0) is 34.7 Å². The highest BCUT2D eigenvalue weighted by Crippen LogP contribution is 2.24. The minimum absolute atomic E-state index is 0.275. The normalized spacial score (nSPS) is 10.5. The Bertz CT molecular complexity index is 623. The Hall–Kier alpha value is -2.49. The Morgan fingerprint density at radius 2 is 1.86 bits per heavy atom. The zero-order valence-electron chi connectivity index (χ0n) is 12.9. The highest BCUT2D eigenvalue weighted by molar-refractivity contribution is 5.64. The monoisotopic (exact) mass is 299 g/mol. The first kappa shape index (κ1) is 15.9. The Labute approximate surface area is 130 Å². The van der Waals surface area contributed by atoms with Crippen molar-refractivity contribution < 1.29 is 14.6 Å². The molecule has 0 aliphatic heterocycles. The maximum atomic E-state index is 10.6. The van der Waals surface area contributed by atoms with E-state index in [4.69, 9.17) is 9.84 Å². The van der Waals surface area contributed by atoms with Crippen molar-refractivity contribution in [2.75, 3.05) is 0 Å². The third-order valence-electron chi connectivity index (χ3n) is 3.35. The quantitative estimate of drug-likeness (QED) is 0.842. The van der Waals surface area contributed by atoms with Gasteiger partial charge >= 0.3 is 6.09 Å². The Balaban J connectivity index is 2.13. The summed E-state index contributed by atoms with van der Waals surface area (Å²) in [6.07, 6.45) is -1.03. The van der Waals surface area contributed by atoms with E-state index in [1.165, 1.54) is 0 Å². The van der Waals surface area contributed by atoms with Crippen molar-refractivity contribution >= 4 is 6.09 Å². The first-order valence-corrected chi connectivity index (χ1v) is 7.32. The first-order valence-electron chi connectivity index (χ1n) is 7.32. The lowest BCUT2D eigenvalue weighted by atomic mass is 10.0. The molecule has 0 atom stereocenters. The second-order valence-electron chi connectivity index (χ2n) is 5.50. The average molecular weight is 299 g/mol. The van der Waals surface area contributed by atoms with Gasteiger partial charge in [-0.2, -0.15) is 0 Å². The van der Waals surface area contributed by atoms with Crippen LogP contribution in [0.25, 0.3) is 0 Å². The number of rotatable bonds is 6. The molecule has 1 amide bonds. The smallest absolute Gasteiger partial charge is 0.404 e. The number of amides is 1. The van der Waals surface area contributed by atoms with Crippen LogP contribution in [0, 0.1) is 0 Å². The van der Waals surface area contributed by atoms with Crippen molar-refractivity contribution in [3.05, 3.63) is 65.2 Å². The van der Waals surface area contributed by atoms with Gasteiger partial charge in [0.1, 0.15) is 12.4 Å². The van der Waals surface area contributed by atoms with Gasteiger partial charge in [0.2, 0.25) is 0 Å². The highest BCUT2D eigenvalue weighted by atomic mass is 16.5. The van der Waals surface area contributed by atoms with Gasteiger partial charge < -0.3 is 15.2 Å². The highest BCUT2D eigenvalue weighted by Gasteiger charge is 2.07. The Kier molecular flexibility index (Phi) is 5.42. The van der Waals surface area contributed by atoms with Gasteiger partial charge in [0.15, 0.2) is 0 Å². The molecule has 0 saturated heterocycles. The molecule has 0 heterocycles. The van der Waals surface area contributed by atoms with Crippen LogP contribution in [0.2, 0.25) is 0 Å². The van der Waals surface area contributed by atoms with E-state index in [1.54, 1.807) is 0 Å². The molecule has 0 aliphatic carbocycles. The number of hydrogen-bond acceptors (Lipinski definition) is 2. The standard InChI is InChI=1S/C18H21NO3/c1-13(2)16-8-15(11-19-18(20)21)9-17(10-16)22-12-14-6-4-3-5-7-14/h3-10,13,19H,11-12H2,1-2H3,(H,20,21). The summed E-state index contributed by atoms with van der Waals surface area (Å²) >= 11 is 0.